The number of nitrogens with zero attached hydrogens (tertiary/aromatic N) is 1. The van der Waals surface area contributed by atoms with Crippen molar-refractivity contribution in [2.45, 2.75) is 57.4 Å². The number of carbonyl (C=O) groups excluding carboxylic acids is 1. The van der Waals surface area contributed by atoms with E-state index in [0.29, 0.717) is 18.8 Å². The van der Waals surface area contributed by atoms with Crippen LogP contribution in [0.15, 0.2) is 36.4 Å². The van der Waals surface area contributed by atoms with Gasteiger partial charge in [0.2, 0.25) is 12.5 Å². The lowest BCUT2D eigenvalue weighted by atomic mass is 9.93. The first-order chi connectivity index (χ1) is 15.7. The molecule has 2 aromatic rings. The molecule has 0 spiro atoms. The van der Waals surface area contributed by atoms with E-state index in [2.05, 4.69) is 24.0 Å². The third kappa shape index (κ3) is 5.23. The minimum absolute atomic E-state index is 0.0490. The molecule has 32 heavy (non-hydrogen) atoms. The molecular weight excluding hydrogens is 409 g/mol. The predicted octanol–water partition coefficient (Wildman–Crippen LogP) is 5.63. The molecule has 6 heteroatoms. The molecule has 5 nitrogen and oxygen atoms in total. The zero-order valence-corrected chi connectivity index (χ0v) is 18.7. The van der Waals surface area contributed by atoms with Crippen molar-refractivity contribution < 1.29 is 23.4 Å². The van der Waals surface area contributed by atoms with E-state index in [1.54, 1.807) is 0 Å². The molecule has 0 unspecified atom stereocenters. The number of rotatable bonds is 11. The molecule has 4 rings (SSSR count). The van der Waals surface area contributed by atoms with Crippen molar-refractivity contribution >= 4 is 6.29 Å². The Kier molecular flexibility index (Phi) is 7.63. The van der Waals surface area contributed by atoms with E-state index in [4.69, 9.17) is 14.2 Å². The number of fused-ring (bicyclic) bond motifs is 1. The smallest absolute Gasteiger partial charge is 0.231 e. The zero-order chi connectivity index (χ0) is 22.3. The molecule has 0 radical (unpaired) electrons. The Morgan fingerprint density at radius 2 is 1.91 bits per heavy atom. The SMILES string of the molecule is CCCCCCCOc1ccc([C@H]2C[C@@H](c3cc(F)c4c(c3)OCO4)CN2CC=O)cc1. The van der Waals surface area contributed by atoms with Crippen LogP contribution in [0.1, 0.15) is 68.5 Å². The second-order valence-corrected chi connectivity index (χ2v) is 8.64. The molecular formula is C26H32FNO4. The van der Waals surface area contributed by atoms with Crippen molar-refractivity contribution in [2.24, 2.45) is 0 Å². The Balaban J connectivity index is 1.40. The highest BCUT2D eigenvalue weighted by Crippen LogP contribution is 2.44. The van der Waals surface area contributed by atoms with Crippen LogP contribution in [0, 0.1) is 5.82 Å². The number of ether oxygens (including phenoxy) is 3. The minimum Gasteiger partial charge on any atom is -0.494 e. The van der Waals surface area contributed by atoms with Crippen LogP contribution in [0.25, 0.3) is 0 Å². The molecule has 2 heterocycles. The lowest BCUT2D eigenvalue weighted by Crippen LogP contribution is -2.25. The molecule has 172 valence electrons. The second-order valence-electron chi connectivity index (χ2n) is 8.64. The van der Waals surface area contributed by atoms with Gasteiger partial charge >= 0.3 is 0 Å². The van der Waals surface area contributed by atoms with Gasteiger partial charge in [0, 0.05) is 12.6 Å². The van der Waals surface area contributed by atoms with Crippen LogP contribution in [-0.4, -0.2) is 37.7 Å². The van der Waals surface area contributed by atoms with E-state index in [1.165, 1.54) is 31.7 Å². The van der Waals surface area contributed by atoms with Crippen molar-refractivity contribution in [2.75, 3.05) is 26.5 Å². The first kappa shape index (κ1) is 22.6. The summed E-state index contributed by atoms with van der Waals surface area (Å²) in [5, 5.41) is 0. The third-order valence-electron chi connectivity index (χ3n) is 6.41. The van der Waals surface area contributed by atoms with Gasteiger partial charge in [-0.25, -0.2) is 4.39 Å². The fourth-order valence-electron chi connectivity index (χ4n) is 4.69. The van der Waals surface area contributed by atoms with Crippen molar-refractivity contribution in [1.82, 2.24) is 4.90 Å². The summed E-state index contributed by atoms with van der Waals surface area (Å²) in [6.45, 7) is 4.05. The van der Waals surface area contributed by atoms with Crippen LogP contribution in [0.5, 0.6) is 17.2 Å². The fourth-order valence-corrected chi connectivity index (χ4v) is 4.69. The summed E-state index contributed by atoms with van der Waals surface area (Å²) in [4.78, 5) is 13.5. The molecule has 1 saturated heterocycles. The van der Waals surface area contributed by atoms with E-state index < -0.39 is 5.82 Å². The van der Waals surface area contributed by atoms with Crippen molar-refractivity contribution in [3.63, 3.8) is 0 Å². The van der Waals surface area contributed by atoms with Crippen LogP contribution in [-0.2, 0) is 4.79 Å². The summed E-state index contributed by atoms with van der Waals surface area (Å²) in [6, 6.07) is 11.7. The number of likely N-dealkylation sites (tertiary alicyclic amines) is 1. The number of unbranched alkanes of at least 4 members (excludes halogenated alkanes) is 4. The van der Waals surface area contributed by atoms with E-state index >= 15 is 0 Å². The Morgan fingerprint density at radius 1 is 1.09 bits per heavy atom. The summed E-state index contributed by atoms with van der Waals surface area (Å²) in [5.41, 5.74) is 2.03. The van der Waals surface area contributed by atoms with Crippen LogP contribution >= 0.6 is 0 Å². The van der Waals surface area contributed by atoms with Crippen LogP contribution in [0.3, 0.4) is 0 Å². The molecule has 2 aliphatic rings. The van der Waals surface area contributed by atoms with Crippen LogP contribution < -0.4 is 14.2 Å². The maximum absolute atomic E-state index is 14.4. The van der Waals surface area contributed by atoms with Gasteiger partial charge in [0.1, 0.15) is 12.0 Å². The van der Waals surface area contributed by atoms with Crippen molar-refractivity contribution in [1.29, 1.82) is 0 Å². The average Bonchev–Trinajstić information content (AvgIpc) is 3.44. The lowest BCUT2D eigenvalue weighted by molar-refractivity contribution is -0.109. The maximum Gasteiger partial charge on any atom is 0.231 e. The molecule has 0 N–H and O–H groups in total. The number of hydrogen-bond donors (Lipinski definition) is 0. The zero-order valence-electron chi connectivity index (χ0n) is 18.7. The molecule has 2 aromatic carbocycles. The Bertz CT molecular complexity index is 901. The van der Waals surface area contributed by atoms with Gasteiger partial charge in [-0.15, -0.1) is 0 Å². The summed E-state index contributed by atoms with van der Waals surface area (Å²) in [7, 11) is 0. The number of halogens is 1. The summed E-state index contributed by atoms with van der Waals surface area (Å²) < 4.78 is 30.9. The van der Waals surface area contributed by atoms with Gasteiger partial charge in [-0.2, -0.15) is 0 Å². The monoisotopic (exact) mass is 441 g/mol. The first-order valence-electron chi connectivity index (χ1n) is 11.7. The van der Waals surface area contributed by atoms with Gasteiger partial charge < -0.3 is 19.0 Å². The largest absolute Gasteiger partial charge is 0.494 e. The highest BCUT2D eigenvalue weighted by atomic mass is 19.1. The standard InChI is InChI=1S/C26H32FNO4/c1-2-3-4-5-6-13-30-22-9-7-19(8-10-22)24-15-21(17-28(24)11-12-29)20-14-23(27)26-25(16-20)31-18-32-26/h7-10,12,14,16,21,24H,2-6,11,13,15,17-18H2,1H3/t21-,24-/m1/s1. The van der Waals surface area contributed by atoms with Gasteiger partial charge in [0.05, 0.1) is 13.2 Å². The van der Waals surface area contributed by atoms with E-state index in [0.717, 1.165) is 42.6 Å². The summed E-state index contributed by atoms with van der Waals surface area (Å²) in [6.07, 6.45) is 7.82. The number of benzene rings is 2. The molecule has 0 bridgehead atoms. The highest BCUT2D eigenvalue weighted by Gasteiger charge is 2.35. The average molecular weight is 442 g/mol. The normalized spacial score (nSPS) is 19.9. The third-order valence-corrected chi connectivity index (χ3v) is 6.41. The van der Waals surface area contributed by atoms with E-state index in [1.807, 2.05) is 18.2 Å². The van der Waals surface area contributed by atoms with Gasteiger partial charge in [-0.3, -0.25) is 4.90 Å². The predicted molar refractivity (Wildman–Crippen MR) is 121 cm³/mol. The van der Waals surface area contributed by atoms with E-state index in [-0.39, 0.29) is 24.5 Å². The van der Waals surface area contributed by atoms with Crippen LogP contribution in [0.2, 0.25) is 0 Å². The summed E-state index contributed by atoms with van der Waals surface area (Å²) >= 11 is 0. The Hall–Kier alpha value is -2.60. The molecule has 2 aliphatic heterocycles. The quantitative estimate of drug-likeness (QED) is 0.334. The highest BCUT2D eigenvalue weighted by molar-refractivity contribution is 5.53. The topological polar surface area (TPSA) is 48.0 Å². The first-order valence-corrected chi connectivity index (χ1v) is 11.7. The molecule has 1 fully saturated rings. The Morgan fingerprint density at radius 3 is 2.69 bits per heavy atom. The number of aldehydes is 1. The molecule has 0 aromatic heterocycles. The number of carbonyl (C=O) groups is 1. The van der Waals surface area contributed by atoms with Crippen molar-refractivity contribution in [3.8, 4) is 17.2 Å². The van der Waals surface area contributed by atoms with E-state index in [9.17, 15) is 9.18 Å². The molecule has 0 aliphatic carbocycles. The molecule has 2 atom stereocenters. The fraction of sp³-hybridized carbons (Fsp3) is 0.500. The summed E-state index contributed by atoms with van der Waals surface area (Å²) in [5.74, 6) is 1.24. The maximum atomic E-state index is 14.4. The number of hydrogen-bond acceptors (Lipinski definition) is 5. The van der Waals surface area contributed by atoms with Gasteiger partial charge in [0.25, 0.3) is 0 Å². The van der Waals surface area contributed by atoms with Gasteiger partial charge in [-0.05, 0) is 54.2 Å². The molecule has 0 saturated carbocycles. The van der Waals surface area contributed by atoms with Crippen LogP contribution in [0.4, 0.5) is 4.39 Å². The Labute approximate surface area is 189 Å². The van der Waals surface area contributed by atoms with Gasteiger partial charge in [-0.1, -0.05) is 44.7 Å². The lowest BCUT2D eigenvalue weighted by Gasteiger charge is -2.22. The second kappa shape index (κ2) is 10.8. The minimum atomic E-state index is -0.392. The molecule has 0 amide bonds. The van der Waals surface area contributed by atoms with Gasteiger partial charge in [0.15, 0.2) is 11.6 Å². The van der Waals surface area contributed by atoms with Crippen molar-refractivity contribution in [3.05, 3.63) is 53.3 Å².